The first kappa shape index (κ1) is 42.8. The first-order valence-electron chi connectivity index (χ1n) is 20.5. The van der Waals surface area contributed by atoms with Gasteiger partial charge in [0.25, 0.3) is 11.8 Å². The van der Waals surface area contributed by atoms with Crippen molar-refractivity contribution in [2.45, 2.75) is 144 Å². The molecule has 0 radical (unpaired) electrons. The normalized spacial score (nSPS) is 24.0. The summed E-state index contributed by atoms with van der Waals surface area (Å²) >= 11 is 0. The second-order valence-corrected chi connectivity index (χ2v) is 21.7. The van der Waals surface area contributed by atoms with E-state index in [-0.39, 0.29) is 47.8 Å². The van der Waals surface area contributed by atoms with Crippen LogP contribution in [0.1, 0.15) is 119 Å². The lowest BCUT2D eigenvalue weighted by molar-refractivity contribution is -0.145. The predicted octanol–water partition coefficient (Wildman–Crippen LogP) is 0.850. The van der Waals surface area contributed by atoms with E-state index in [2.05, 4.69) is 20.9 Å². The summed E-state index contributed by atoms with van der Waals surface area (Å²) in [6, 6.07) is 2.52. The van der Waals surface area contributed by atoms with E-state index in [1.807, 2.05) is 0 Å². The third-order valence-electron chi connectivity index (χ3n) is 12.5. The topological polar surface area (TPSA) is 261 Å². The number of ketones is 1. The summed E-state index contributed by atoms with van der Waals surface area (Å²) in [5.41, 5.74) is 2.51. The average Bonchev–Trinajstić information content (AvgIpc) is 4.11. The van der Waals surface area contributed by atoms with Crippen LogP contribution in [0.2, 0.25) is 0 Å². The van der Waals surface area contributed by atoms with E-state index in [1.54, 1.807) is 4.31 Å². The standard InChI is InChI=1S/C39H54N8O10S2/c1-38(2,53)32-22-41-44-46(32)28-21-31(36(51)43-39(33(48)34(40)49)16-18-58(54,55)19-17-39)45(23-28)37(52)30(20-24-6-4-3-5-7-24)42-35(50)25-8-14-29(15-9-25)59(56,57)47(26-10-11-26)27-12-13-27/h8-9,14-15,22,24,26-28,30-31,53H,3-7,10-13,16-21,23H2,1-2H3,(H2,40,49)(H,42,50)(H,43,51)/t28-,30+,31-/m0/s1. The average molecular weight is 859 g/mol. The van der Waals surface area contributed by atoms with E-state index in [4.69, 9.17) is 5.73 Å². The van der Waals surface area contributed by atoms with Crippen LogP contribution in [0.3, 0.4) is 0 Å². The van der Waals surface area contributed by atoms with Gasteiger partial charge in [-0.15, -0.1) is 5.10 Å². The number of aliphatic hydroxyl groups is 1. The molecule has 3 atom stereocenters. The Bertz CT molecular complexity index is 2160. The Kier molecular flexibility index (Phi) is 11.8. The maximum atomic E-state index is 14.9. The molecular weight excluding hydrogens is 805 g/mol. The number of carbonyl (C=O) groups excluding carboxylic acids is 5. The molecule has 2 aliphatic heterocycles. The third-order valence-corrected chi connectivity index (χ3v) is 16.2. The number of nitrogens with two attached hydrogens (primary N) is 1. The number of hydrogen-bond donors (Lipinski definition) is 4. The minimum atomic E-state index is -3.77. The number of likely N-dealkylation sites (tertiary alicyclic amines) is 1. The molecule has 59 heavy (non-hydrogen) atoms. The Morgan fingerprint density at radius 3 is 2.15 bits per heavy atom. The zero-order valence-electron chi connectivity index (χ0n) is 33.4. The van der Waals surface area contributed by atoms with Gasteiger partial charge in [-0.2, -0.15) is 4.31 Å². The van der Waals surface area contributed by atoms with E-state index in [0.29, 0.717) is 5.69 Å². The van der Waals surface area contributed by atoms with Crippen LogP contribution in [-0.4, -0.2) is 123 Å². The second-order valence-electron chi connectivity index (χ2n) is 17.5. The Morgan fingerprint density at radius 1 is 0.983 bits per heavy atom. The number of amides is 4. The molecule has 1 aromatic heterocycles. The van der Waals surface area contributed by atoms with Gasteiger partial charge in [0.2, 0.25) is 27.6 Å². The van der Waals surface area contributed by atoms with E-state index >= 15 is 0 Å². The van der Waals surface area contributed by atoms with Gasteiger partial charge < -0.3 is 26.4 Å². The number of Topliss-reactive ketones (excluding diaryl/α,β-unsaturated/α-hetero) is 1. The van der Waals surface area contributed by atoms with Crippen LogP contribution < -0.4 is 16.4 Å². The first-order chi connectivity index (χ1) is 27.8. The van der Waals surface area contributed by atoms with Gasteiger partial charge in [0.1, 0.15) is 23.2 Å². The zero-order valence-corrected chi connectivity index (χ0v) is 35.0. The summed E-state index contributed by atoms with van der Waals surface area (Å²) in [7, 11) is -7.33. The van der Waals surface area contributed by atoms with Crippen molar-refractivity contribution < 1.29 is 45.9 Å². The van der Waals surface area contributed by atoms with Gasteiger partial charge in [-0.1, -0.05) is 37.3 Å². The molecule has 0 bridgehead atoms. The van der Waals surface area contributed by atoms with E-state index < -0.39 is 103 Å². The van der Waals surface area contributed by atoms with Crippen molar-refractivity contribution in [1.82, 2.24) is 34.8 Å². The number of sulfone groups is 1. The highest BCUT2D eigenvalue weighted by Crippen LogP contribution is 2.41. The summed E-state index contributed by atoms with van der Waals surface area (Å²) in [6.45, 7) is 2.96. The monoisotopic (exact) mass is 858 g/mol. The lowest BCUT2D eigenvalue weighted by atomic mass is 9.84. The lowest BCUT2D eigenvalue weighted by Crippen LogP contribution is -2.64. The quantitative estimate of drug-likeness (QED) is 0.182. The van der Waals surface area contributed by atoms with Crippen molar-refractivity contribution in [3.05, 3.63) is 41.7 Å². The van der Waals surface area contributed by atoms with Gasteiger partial charge >= 0.3 is 0 Å². The largest absolute Gasteiger partial charge is 0.384 e. The first-order valence-corrected chi connectivity index (χ1v) is 23.8. The molecule has 3 saturated carbocycles. The molecule has 0 unspecified atom stereocenters. The van der Waals surface area contributed by atoms with Crippen LogP contribution in [0.4, 0.5) is 0 Å². The molecule has 7 rings (SSSR count). The molecule has 322 valence electrons. The van der Waals surface area contributed by atoms with Crippen LogP contribution in [0.25, 0.3) is 0 Å². The van der Waals surface area contributed by atoms with Crippen LogP contribution in [-0.2, 0) is 44.6 Å². The number of sulfonamides is 1. The summed E-state index contributed by atoms with van der Waals surface area (Å²) in [5, 5.41) is 24.6. The SMILES string of the molecule is CC(C)(O)c1cnnn1[C@H]1C[C@@H](C(=O)NC2(C(=O)C(N)=O)CCS(=O)(=O)CC2)N(C(=O)[C@@H](CC2CCCCC2)NC(=O)c2ccc(S(=O)(=O)N(C3CC3)C3CC3)cc2)C1. The number of nitrogens with one attached hydrogen (secondary N) is 2. The molecule has 0 spiro atoms. The van der Waals surface area contributed by atoms with E-state index in [0.717, 1.165) is 57.8 Å². The Labute approximate surface area is 344 Å². The van der Waals surface area contributed by atoms with Gasteiger partial charge in [-0.25, -0.2) is 21.5 Å². The minimum absolute atomic E-state index is 0.00242. The van der Waals surface area contributed by atoms with Crippen molar-refractivity contribution >= 4 is 49.3 Å². The number of nitrogens with zero attached hydrogens (tertiary/aromatic N) is 5. The highest BCUT2D eigenvalue weighted by Gasteiger charge is 2.51. The Morgan fingerprint density at radius 2 is 1.59 bits per heavy atom. The fraction of sp³-hybridized carbons (Fsp3) is 0.667. The van der Waals surface area contributed by atoms with Gasteiger partial charge in [-0.05, 0) is 89.0 Å². The fourth-order valence-electron chi connectivity index (χ4n) is 8.95. The lowest BCUT2D eigenvalue weighted by Gasteiger charge is -2.37. The third kappa shape index (κ3) is 9.24. The number of hydrogen-bond acceptors (Lipinski definition) is 12. The van der Waals surface area contributed by atoms with Crippen molar-refractivity contribution in [2.75, 3.05) is 18.1 Å². The molecule has 2 saturated heterocycles. The van der Waals surface area contributed by atoms with Crippen LogP contribution in [0.5, 0.6) is 0 Å². The molecule has 20 heteroatoms. The molecule has 5 fully saturated rings. The molecule has 2 aromatic rings. The fourth-order valence-corrected chi connectivity index (χ4v) is 12.4. The van der Waals surface area contributed by atoms with Gasteiger partial charge in [0, 0.05) is 30.6 Å². The second kappa shape index (κ2) is 16.3. The van der Waals surface area contributed by atoms with Crippen LogP contribution in [0.15, 0.2) is 35.4 Å². The molecule has 1 aromatic carbocycles. The van der Waals surface area contributed by atoms with Gasteiger partial charge in [0.05, 0.1) is 34.3 Å². The summed E-state index contributed by atoms with van der Waals surface area (Å²) < 4.78 is 55.0. The van der Waals surface area contributed by atoms with E-state index in [1.165, 1.54) is 53.9 Å². The Balaban J connectivity index is 1.18. The van der Waals surface area contributed by atoms with Crippen LogP contribution in [0, 0.1) is 5.92 Å². The molecule has 5 aliphatic rings. The van der Waals surface area contributed by atoms with E-state index in [9.17, 15) is 45.9 Å². The highest BCUT2D eigenvalue weighted by atomic mass is 32.2. The summed E-state index contributed by atoms with van der Waals surface area (Å²) in [4.78, 5) is 70.2. The predicted molar refractivity (Wildman–Crippen MR) is 211 cm³/mol. The number of benzene rings is 1. The van der Waals surface area contributed by atoms with Gasteiger partial charge in [-0.3, -0.25) is 24.0 Å². The molecule has 5 N–H and O–H groups in total. The number of primary amides is 1. The Hall–Kier alpha value is -4.27. The van der Waals surface area contributed by atoms with Crippen molar-refractivity contribution in [3.63, 3.8) is 0 Å². The van der Waals surface area contributed by atoms with Crippen molar-refractivity contribution in [2.24, 2.45) is 11.7 Å². The number of aromatic nitrogens is 3. The smallest absolute Gasteiger partial charge is 0.287 e. The molecular formula is C39H54N8O10S2. The summed E-state index contributed by atoms with van der Waals surface area (Å²) in [6.07, 6.45) is 8.66. The minimum Gasteiger partial charge on any atom is -0.384 e. The van der Waals surface area contributed by atoms with Gasteiger partial charge in [0.15, 0.2) is 9.84 Å². The molecule has 3 heterocycles. The summed E-state index contributed by atoms with van der Waals surface area (Å²) in [5.74, 6) is -5.41. The maximum absolute atomic E-state index is 14.9. The maximum Gasteiger partial charge on any atom is 0.287 e. The van der Waals surface area contributed by atoms with Crippen molar-refractivity contribution in [3.8, 4) is 0 Å². The highest BCUT2D eigenvalue weighted by molar-refractivity contribution is 7.91. The molecule has 4 amide bonds. The number of rotatable bonds is 15. The number of carbonyl (C=O) groups is 5. The van der Waals surface area contributed by atoms with Crippen molar-refractivity contribution in [1.29, 1.82) is 0 Å². The molecule has 3 aliphatic carbocycles. The molecule has 18 nitrogen and oxygen atoms in total. The zero-order chi connectivity index (χ0) is 42.5. The van der Waals surface area contributed by atoms with Crippen LogP contribution >= 0.6 is 0 Å².